The number of carboxylic acid groups (broad SMARTS) is 1. The molecule has 5 nitrogen and oxygen atoms in total. The summed E-state index contributed by atoms with van der Waals surface area (Å²) in [5.74, 6) is -0.769. The van der Waals surface area contributed by atoms with Gasteiger partial charge in [-0.15, -0.1) is 10.2 Å². The van der Waals surface area contributed by atoms with Gasteiger partial charge >= 0.3 is 5.97 Å². The van der Waals surface area contributed by atoms with E-state index >= 15 is 0 Å². The molecule has 0 saturated heterocycles. The van der Waals surface area contributed by atoms with Crippen LogP contribution in [-0.2, 0) is 4.79 Å². The van der Waals surface area contributed by atoms with Crippen LogP contribution in [0.15, 0.2) is 4.34 Å². The Hall–Kier alpha value is -0.820. The number of carbonyl (C=O) groups is 1. The molecule has 1 N–H and O–H groups in total. The summed E-state index contributed by atoms with van der Waals surface area (Å²) in [5, 5.41) is 17.8. The lowest BCUT2D eigenvalue weighted by molar-refractivity contribution is -0.133. The molecule has 1 fully saturated rings. The molecule has 1 aromatic heterocycles. The molecule has 1 aliphatic rings. The van der Waals surface area contributed by atoms with Gasteiger partial charge in [0.1, 0.15) is 0 Å². The molecule has 0 aromatic carbocycles. The Morgan fingerprint density at radius 2 is 2.33 bits per heavy atom. The standard InChI is InChI=1S/C11H17N3O2S2/c1-2-3-6-14(8-4-5-8)10-12-13-11(18-10)17-7-9(15)16/h8H,2-7H2,1H3,(H,15,16). The molecule has 18 heavy (non-hydrogen) atoms. The Kier molecular flexibility index (Phi) is 4.82. The van der Waals surface area contributed by atoms with Crippen LogP contribution in [0.2, 0.25) is 0 Å². The van der Waals surface area contributed by atoms with Gasteiger partial charge in [-0.25, -0.2) is 0 Å². The summed E-state index contributed by atoms with van der Waals surface area (Å²) >= 11 is 2.75. The molecule has 2 rings (SSSR count). The third-order valence-corrected chi connectivity index (χ3v) is 4.78. The zero-order chi connectivity index (χ0) is 13.0. The Labute approximate surface area is 115 Å². The van der Waals surface area contributed by atoms with Crippen LogP contribution in [0.5, 0.6) is 0 Å². The fourth-order valence-corrected chi connectivity index (χ4v) is 3.31. The van der Waals surface area contributed by atoms with Crippen LogP contribution in [-0.4, -0.2) is 39.6 Å². The average Bonchev–Trinajstić information content (AvgIpc) is 3.06. The largest absolute Gasteiger partial charge is 0.481 e. The molecule has 0 aliphatic heterocycles. The third-order valence-electron chi connectivity index (χ3n) is 2.70. The quantitative estimate of drug-likeness (QED) is 0.741. The maximum Gasteiger partial charge on any atom is 0.313 e. The van der Waals surface area contributed by atoms with E-state index in [0.717, 1.165) is 22.4 Å². The molecule has 1 saturated carbocycles. The van der Waals surface area contributed by atoms with Crippen molar-refractivity contribution in [1.29, 1.82) is 0 Å². The summed E-state index contributed by atoms with van der Waals surface area (Å²) in [6.45, 7) is 3.21. The Morgan fingerprint density at radius 1 is 1.56 bits per heavy atom. The van der Waals surface area contributed by atoms with Crippen molar-refractivity contribution in [2.24, 2.45) is 0 Å². The van der Waals surface area contributed by atoms with Gasteiger partial charge in [0.05, 0.1) is 5.75 Å². The van der Waals surface area contributed by atoms with E-state index in [9.17, 15) is 4.79 Å². The maximum absolute atomic E-state index is 10.5. The van der Waals surface area contributed by atoms with E-state index in [1.807, 2.05) is 0 Å². The fraction of sp³-hybridized carbons (Fsp3) is 0.727. The second-order valence-electron chi connectivity index (χ2n) is 4.31. The highest BCUT2D eigenvalue weighted by Gasteiger charge is 2.30. The first-order chi connectivity index (χ1) is 8.70. The predicted octanol–water partition coefficient (Wildman–Crippen LogP) is 2.48. The molecule has 0 amide bonds. The molecule has 0 spiro atoms. The maximum atomic E-state index is 10.5. The lowest BCUT2D eigenvalue weighted by Gasteiger charge is -2.20. The normalized spacial score (nSPS) is 14.7. The summed E-state index contributed by atoms with van der Waals surface area (Å²) in [7, 11) is 0. The summed E-state index contributed by atoms with van der Waals surface area (Å²) in [6, 6.07) is 0.627. The van der Waals surface area contributed by atoms with Gasteiger partial charge in [0, 0.05) is 12.6 Å². The van der Waals surface area contributed by atoms with Crippen molar-refractivity contribution in [2.75, 3.05) is 17.2 Å². The monoisotopic (exact) mass is 287 g/mol. The van der Waals surface area contributed by atoms with Crippen molar-refractivity contribution in [1.82, 2.24) is 10.2 Å². The van der Waals surface area contributed by atoms with Crippen molar-refractivity contribution in [3.8, 4) is 0 Å². The Bertz CT molecular complexity index is 407. The number of thioether (sulfide) groups is 1. The number of unbranched alkanes of at least 4 members (excludes halogenated alkanes) is 1. The first-order valence-electron chi connectivity index (χ1n) is 6.15. The van der Waals surface area contributed by atoms with Crippen molar-refractivity contribution in [3.05, 3.63) is 0 Å². The highest BCUT2D eigenvalue weighted by Crippen LogP contribution is 2.35. The molecule has 0 bridgehead atoms. The van der Waals surface area contributed by atoms with Crippen molar-refractivity contribution >= 4 is 34.2 Å². The van der Waals surface area contributed by atoms with Crippen LogP contribution in [0.4, 0.5) is 5.13 Å². The fourth-order valence-electron chi connectivity index (χ4n) is 1.65. The first kappa shape index (κ1) is 13.6. The molecule has 1 aliphatic carbocycles. The zero-order valence-electron chi connectivity index (χ0n) is 10.3. The second kappa shape index (κ2) is 6.38. The van der Waals surface area contributed by atoms with E-state index in [0.29, 0.717) is 6.04 Å². The van der Waals surface area contributed by atoms with Crippen LogP contribution in [0.1, 0.15) is 32.6 Å². The van der Waals surface area contributed by atoms with Gasteiger partial charge in [-0.3, -0.25) is 4.79 Å². The summed E-state index contributed by atoms with van der Waals surface area (Å²) < 4.78 is 0.745. The van der Waals surface area contributed by atoms with Crippen molar-refractivity contribution in [3.63, 3.8) is 0 Å². The van der Waals surface area contributed by atoms with E-state index in [-0.39, 0.29) is 5.75 Å². The van der Waals surface area contributed by atoms with E-state index in [4.69, 9.17) is 5.11 Å². The minimum atomic E-state index is -0.818. The summed E-state index contributed by atoms with van der Waals surface area (Å²) in [6.07, 6.45) is 4.80. The smallest absolute Gasteiger partial charge is 0.313 e. The van der Waals surface area contributed by atoms with Crippen LogP contribution in [0, 0.1) is 0 Å². The number of carboxylic acids is 1. The van der Waals surface area contributed by atoms with E-state index in [1.54, 1.807) is 0 Å². The predicted molar refractivity (Wildman–Crippen MR) is 73.5 cm³/mol. The second-order valence-corrected chi connectivity index (χ2v) is 6.49. The lowest BCUT2D eigenvalue weighted by Crippen LogP contribution is -2.26. The SMILES string of the molecule is CCCCN(c1nnc(SCC(=O)O)s1)C1CC1. The highest BCUT2D eigenvalue weighted by atomic mass is 32.2. The topological polar surface area (TPSA) is 66.3 Å². The number of anilines is 1. The number of nitrogens with zero attached hydrogens (tertiary/aromatic N) is 3. The molecular formula is C11H17N3O2S2. The van der Waals surface area contributed by atoms with Crippen LogP contribution >= 0.6 is 23.1 Å². The molecule has 1 aromatic rings. The highest BCUT2D eigenvalue weighted by molar-refractivity contribution is 8.01. The Morgan fingerprint density at radius 3 is 2.94 bits per heavy atom. The molecular weight excluding hydrogens is 270 g/mol. The van der Waals surface area contributed by atoms with Crippen LogP contribution in [0.3, 0.4) is 0 Å². The number of hydrogen-bond acceptors (Lipinski definition) is 6. The van der Waals surface area contributed by atoms with Gasteiger partial charge in [-0.1, -0.05) is 36.4 Å². The number of aliphatic carboxylic acids is 1. The molecule has 0 unspecified atom stereocenters. The molecule has 100 valence electrons. The van der Waals surface area contributed by atoms with E-state index in [2.05, 4.69) is 22.0 Å². The number of aromatic nitrogens is 2. The number of rotatable bonds is 8. The summed E-state index contributed by atoms with van der Waals surface area (Å²) in [5.41, 5.74) is 0. The van der Waals surface area contributed by atoms with Gasteiger partial charge < -0.3 is 10.0 Å². The summed E-state index contributed by atoms with van der Waals surface area (Å²) in [4.78, 5) is 12.8. The van der Waals surface area contributed by atoms with Gasteiger partial charge in [0.25, 0.3) is 0 Å². The number of hydrogen-bond donors (Lipinski definition) is 1. The van der Waals surface area contributed by atoms with E-state index < -0.39 is 5.97 Å². The van der Waals surface area contributed by atoms with Crippen molar-refractivity contribution in [2.45, 2.75) is 43.0 Å². The van der Waals surface area contributed by atoms with Crippen LogP contribution in [0.25, 0.3) is 0 Å². The molecule has 0 radical (unpaired) electrons. The van der Waals surface area contributed by atoms with Gasteiger partial charge in [-0.05, 0) is 19.3 Å². The lowest BCUT2D eigenvalue weighted by atomic mass is 10.3. The Balaban J connectivity index is 1.95. The van der Waals surface area contributed by atoms with Crippen LogP contribution < -0.4 is 4.90 Å². The van der Waals surface area contributed by atoms with Gasteiger partial charge in [-0.2, -0.15) is 0 Å². The van der Waals surface area contributed by atoms with Gasteiger partial charge in [0.2, 0.25) is 5.13 Å². The average molecular weight is 287 g/mol. The zero-order valence-corrected chi connectivity index (χ0v) is 12.0. The first-order valence-corrected chi connectivity index (χ1v) is 7.95. The minimum Gasteiger partial charge on any atom is -0.481 e. The van der Waals surface area contributed by atoms with E-state index in [1.165, 1.54) is 42.4 Å². The van der Waals surface area contributed by atoms with Crippen molar-refractivity contribution < 1.29 is 9.90 Å². The molecule has 0 atom stereocenters. The molecule has 7 heteroatoms. The molecule has 1 heterocycles. The minimum absolute atomic E-state index is 0.0486. The third kappa shape index (κ3) is 3.84. The van der Waals surface area contributed by atoms with Gasteiger partial charge in [0.15, 0.2) is 4.34 Å².